The van der Waals surface area contributed by atoms with Crippen LogP contribution in [0.4, 0.5) is 0 Å². The summed E-state index contributed by atoms with van der Waals surface area (Å²) in [6.45, 7) is 0. The molecule has 0 fully saturated rings. The predicted octanol–water partition coefficient (Wildman–Crippen LogP) is 5.07. The van der Waals surface area contributed by atoms with Gasteiger partial charge in [-0.1, -0.05) is 109 Å². The molecule has 4 rings (SSSR count). The Kier molecular flexibility index (Phi) is 8.38. The van der Waals surface area contributed by atoms with Gasteiger partial charge < -0.3 is 11.5 Å². The van der Waals surface area contributed by atoms with Crippen LogP contribution in [0.5, 0.6) is 0 Å². The Balaban J connectivity index is 1.49. The maximum Gasteiger partial charge on any atom is 0.191 e. The van der Waals surface area contributed by atoms with Crippen molar-refractivity contribution >= 4 is 44.0 Å². The van der Waals surface area contributed by atoms with Crippen molar-refractivity contribution < 1.29 is 16.8 Å². The van der Waals surface area contributed by atoms with E-state index in [-0.39, 0.29) is 9.79 Å². The molecule has 0 atom stereocenters. The van der Waals surface area contributed by atoms with Crippen LogP contribution in [0.3, 0.4) is 0 Å². The highest BCUT2D eigenvalue weighted by Crippen LogP contribution is 2.24. The summed E-state index contributed by atoms with van der Waals surface area (Å²) < 4.78 is 49.0. The van der Waals surface area contributed by atoms with Gasteiger partial charge in [-0.15, -0.1) is 0 Å². The molecule has 0 aliphatic rings. The molecule has 6 nitrogen and oxygen atoms in total. The van der Waals surface area contributed by atoms with Gasteiger partial charge >= 0.3 is 0 Å². The van der Waals surface area contributed by atoms with E-state index in [9.17, 15) is 16.8 Å². The maximum atomic E-state index is 12.2. The molecule has 0 aromatic heterocycles. The summed E-state index contributed by atoms with van der Waals surface area (Å²) in [4.78, 5) is 0.433. The first-order valence-electron chi connectivity index (χ1n) is 11.8. The minimum absolute atomic E-state index is 0.217. The van der Waals surface area contributed by atoms with Crippen LogP contribution in [-0.4, -0.2) is 28.6 Å². The molecule has 0 heterocycles. The van der Waals surface area contributed by atoms with Gasteiger partial charge in [0.05, 0.1) is 9.79 Å². The summed E-state index contributed by atoms with van der Waals surface area (Å²) in [5.41, 5.74) is 16.0. The van der Waals surface area contributed by atoms with Crippen molar-refractivity contribution in [2.24, 2.45) is 11.5 Å². The van der Waals surface area contributed by atoms with E-state index in [1.54, 1.807) is 60.7 Å². The first-order valence-corrected chi connectivity index (χ1v) is 15.1. The van der Waals surface area contributed by atoms with Crippen LogP contribution in [0, 0.1) is 0 Å². The molecule has 0 radical (unpaired) electrons. The SMILES string of the molecule is NCS(=O)(=O)c1ccccc1/C=C/c1ccc(-c2ccc(/C=C/c3ccccc3S(=O)(=O)CN)cc2)cc1. The summed E-state index contributed by atoms with van der Waals surface area (Å²) in [6, 6.07) is 29.4. The number of hydrogen-bond acceptors (Lipinski definition) is 6. The Morgan fingerprint density at radius 1 is 0.474 bits per heavy atom. The second kappa shape index (κ2) is 11.7. The zero-order valence-electron chi connectivity index (χ0n) is 20.6. The molecule has 0 unspecified atom stereocenters. The summed E-state index contributed by atoms with van der Waals surface area (Å²) in [6.07, 6.45) is 7.28. The third kappa shape index (κ3) is 6.35. The van der Waals surface area contributed by atoms with E-state index in [0.717, 1.165) is 22.3 Å². The van der Waals surface area contributed by atoms with Gasteiger partial charge in [0.25, 0.3) is 0 Å². The lowest BCUT2D eigenvalue weighted by Crippen LogP contribution is -2.15. The normalized spacial score (nSPS) is 12.4. The quantitative estimate of drug-likeness (QED) is 0.284. The molecule has 4 aromatic rings. The highest BCUT2D eigenvalue weighted by atomic mass is 32.2. The van der Waals surface area contributed by atoms with Gasteiger partial charge in [-0.2, -0.15) is 0 Å². The summed E-state index contributed by atoms with van der Waals surface area (Å²) >= 11 is 0. The Labute approximate surface area is 223 Å². The molecular weight excluding hydrogens is 516 g/mol. The predicted molar refractivity (Wildman–Crippen MR) is 155 cm³/mol. The summed E-state index contributed by atoms with van der Waals surface area (Å²) in [5, 5.41) is 0. The van der Waals surface area contributed by atoms with E-state index in [2.05, 4.69) is 0 Å². The van der Waals surface area contributed by atoms with Crippen LogP contribution in [0.25, 0.3) is 35.4 Å². The van der Waals surface area contributed by atoms with E-state index < -0.39 is 31.4 Å². The van der Waals surface area contributed by atoms with E-state index in [1.165, 1.54) is 0 Å². The maximum absolute atomic E-state index is 12.2. The highest BCUT2D eigenvalue weighted by Gasteiger charge is 2.15. The molecule has 0 saturated carbocycles. The van der Waals surface area contributed by atoms with Gasteiger partial charge in [0.2, 0.25) is 0 Å². The number of rotatable bonds is 9. The largest absolute Gasteiger partial charge is 0.317 e. The molecule has 4 N–H and O–H groups in total. The van der Waals surface area contributed by atoms with Crippen molar-refractivity contribution in [1.82, 2.24) is 0 Å². The molecule has 194 valence electrons. The van der Waals surface area contributed by atoms with Gasteiger partial charge in [-0.3, -0.25) is 0 Å². The van der Waals surface area contributed by atoms with Crippen LogP contribution in [-0.2, 0) is 19.7 Å². The fourth-order valence-electron chi connectivity index (χ4n) is 3.93. The standard InChI is InChI=1S/C30H28N2O4S2/c31-21-37(33,34)29-7-3-1-5-27(29)19-13-23-9-15-25(16-10-23)26-17-11-24(12-18-26)14-20-28-6-2-4-8-30(28)38(35,36)22-32/h1-20H,21-22,31-32H2/b19-13+,20-14+. The van der Waals surface area contributed by atoms with Crippen LogP contribution in [0.1, 0.15) is 22.3 Å². The highest BCUT2D eigenvalue weighted by molar-refractivity contribution is 7.91. The molecule has 0 saturated heterocycles. The minimum atomic E-state index is -3.52. The molecule has 0 bridgehead atoms. The van der Waals surface area contributed by atoms with E-state index >= 15 is 0 Å². The number of benzene rings is 4. The first kappa shape index (κ1) is 27.2. The molecule has 4 aromatic carbocycles. The third-order valence-corrected chi connectivity index (χ3v) is 8.97. The molecule has 0 aliphatic heterocycles. The lowest BCUT2D eigenvalue weighted by atomic mass is 10.0. The number of nitrogens with two attached hydrogens (primary N) is 2. The zero-order valence-corrected chi connectivity index (χ0v) is 22.2. The second-order valence-electron chi connectivity index (χ2n) is 8.55. The Bertz CT molecular complexity index is 1560. The lowest BCUT2D eigenvalue weighted by Gasteiger charge is -2.06. The van der Waals surface area contributed by atoms with Crippen molar-refractivity contribution in [3.63, 3.8) is 0 Å². The average Bonchev–Trinajstić information content (AvgIpc) is 2.96. The Morgan fingerprint density at radius 2 is 0.816 bits per heavy atom. The molecule has 0 aliphatic carbocycles. The molecule has 0 amide bonds. The Hall–Kier alpha value is -3.82. The van der Waals surface area contributed by atoms with Crippen molar-refractivity contribution in [1.29, 1.82) is 0 Å². The smallest absolute Gasteiger partial charge is 0.191 e. The summed E-state index contributed by atoms with van der Waals surface area (Å²) in [5.74, 6) is -0.880. The fraction of sp³-hybridized carbons (Fsp3) is 0.0667. The fourth-order valence-corrected chi connectivity index (χ4v) is 5.85. The number of hydrogen-bond donors (Lipinski definition) is 2. The van der Waals surface area contributed by atoms with Crippen molar-refractivity contribution in [2.45, 2.75) is 9.79 Å². The third-order valence-electron chi connectivity index (χ3n) is 6.01. The van der Waals surface area contributed by atoms with Gasteiger partial charge in [-0.05, 0) is 45.5 Å². The lowest BCUT2D eigenvalue weighted by molar-refractivity contribution is 0.594. The molecular formula is C30H28N2O4S2. The molecule has 0 spiro atoms. The minimum Gasteiger partial charge on any atom is -0.317 e. The second-order valence-corrected chi connectivity index (χ2v) is 12.6. The van der Waals surface area contributed by atoms with Gasteiger partial charge in [0, 0.05) is 0 Å². The monoisotopic (exact) mass is 544 g/mol. The van der Waals surface area contributed by atoms with Crippen LogP contribution < -0.4 is 11.5 Å². The van der Waals surface area contributed by atoms with Crippen LogP contribution >= 0.6 is 0 Å². The topological polar surface area (TPSA) is 120 Å². The van der Waals surface area contributed by atoms with Gasteiger partial charge in [0.1, 0.15) is 11.8 Å². The van der Waals surface area contributed by atoms with Crippen LogP contribution in [0.15, 0.2) is 107 Å². The zero-order chi connectivity index (χ0) is 27.2. The number of sulfone groups is 2. The van der Waals surface area contributed by atoms with E-state index in [4.69, 9.17) is 11.5 Å². The van der Waals surface area contributed by atoms with Crippen molar-refractivity contribution in [2.75, 3.05) is 11.8 Å². The Morgan fingerprint density at radius 3 is 1.16 bits per heavy atom. The van der Waals surface area contributed by atoms with Gasteiger partial charge in [0.15, 0.2) is 19.7 Å². The summed E-state index contributed by atoms with van der Waals surface area (Å²) in [7, 11) is -7.04. The molecule has 38 heavy (non-hydrogen) atoms. The van der Waals surface area contributed by atoms with E-state index in [0.29, 0.717) is 11.1 Å². The first-order chi connectivity index (χ1) is 18.2. The van der Waals surface area contributed by atoms with Crippen molar-refractivity contribution in [3.05, 3.63) is 119 Å². The van der Waals surface area contributed by atoms with Crippen LogP contribution in [0.2, 0.25) is 0 Å². The molecule has 8 heteroatoms. The van der Waals surface area contributed by atoms with E-state index in [1.807, 2.05) is 60.7 Å². The van der Waals surface area contributed by atoms with Gasteiger partial charge in [-0.25, -0.2) is 16.8 Å². The van der Waals surface area contributed by atoms with Crippen molar-refractivity contribution in [3.8, 4) is 11.1 Å². The average molecular weight is 545 g/mol.